The Balaban J connectivity index is 1.75. The Kier molecular flexibility index (Phi) is 10.1. The lowest BCUT2D eigenvalue weighted by Gasteiger charge is -2.36. The van der Waals surface area contributed by atoms with E-state index < -0.39 is 19.0 Å². The SMILES string of the molecule is CC(C)(C)OP(=O)(OC1CCN(CC[C@@H](N)CSc2ccccc2)CC1)OC(C)(C)C. The molecule has 0 aromatic heterocycles. The molecular weight excluding hydrogens is 431 g/mol. The molecule has 2 rings (SSSR count). The smallest absolute Gasteiger partial charge is 0.327 e. The van der Waals surface area contributed by atoms with Crippen molar-refractivity contribution in [3.8, 4) is 0 Å². The van der Waals surface area contributed by atoms with E-state index in [-0.39, 0.29) is 12.1 Å². The molecule has 0 radical (unpaired) electrons. The predicted octanol–water partition coefficient (Wildman–Crippen LogP) is 5.72. The number of thioether (sulfide) groups is 1. The van der Waals surface area contributed by atoms with E-state index in [1.807, 2.05) is 59.4 Å². The molecule has 1 aliphatic heterocycles. The van der Waals surface area contributed by atoms with Gasteiger partial charge in [0.1, 0.15) is 0 Å². The zero-order valence-electron chi connectivity index (χ0n) is 20.0. The van der Waals surface area contributed by atoms with Crippen LogP contribution >= 0.6 is 19.6 Å². The van der Waals surface area contributed by atoms with E-state index in [1.54, 1.807) is 0 Å². The molecule has 6 nitrogen and oxygen atoms in total. The van der Waals surface area contributed by atoms with Gasteiger partial charge in [0.05, 0.1) is 17.3 Å². The number of hydrogen-bond donors (Lipinski definition) is 1. The zero-order valence-corrected chi connectivity index (χ0v) is 21.7. The quantitative estimate of drug-likeness (QED) is 0.345. The number of phosphoric ester groups is 1. The Labute approximate surface area is 193 Å². The Morgan fingerprint density at radius 3 is 2.13 bits per heavy atom. The van der Waals surface area contributed by atoms with Gasteiger partial charge in [0.15, 0.2) is 0 Å². The second-order valence-electron chi connectivity index (χ2n) is 10.2. The van der Waals surface area contributed by atoms with Crippen molar-refractivity contribution in [1.29, 1.82) is 0 Å². The van der Waals surface area contributed by atoms with Crippen LogP contribution in [0.5, 0.6) is 0 Å². The van der Waals surface area contributed by atoms with Crippen molar-refractivity contribution < 1.29 is 18.1 Å². The van der Waals surface area contributed by atoms with E-state index in [0.717, 1.165) is 44.6 Å². The normalized spacial score (nSPS) is 18.3. The number of nitrogens with zero attached hydrogens (tertiary/aromatic N) is 1. The monoisotopic (exact) mass is 472 g/mol. The first-order valence-electron chi connectivity index (χ1n) is 11.2. The number of benzene rings is 1. The van der Waals surface area contributed by atoms with Gasteiger partial charge in [0.2, 0.25) is 0 Å². The molecule has 0 unspecified atom stereocenters. The summed E-state index contributed by atoms with van der Waals surface area (Å²) in [6, 6.07) is 10.5. The molecule has 2 N–H and O–H groups in total. The van der Waals surface area contributed by atoms with Crippen LogP contribution in [0, 0.1) is 0 Å². The Morgan fingerprint density at radius 1 is 1.06 bits per heavy atom. The molecule has 0 spiro atoms. The standard InChI is InChI=1S/C23H41N2O4PS/c1-22(2,3)28-30(26,29-23(4,5)6)27-20-13-16-25(17-14-20)15-12-19(24)18-31-21-10-8-7-9-11-21/h7-11,19-20H,12-18,24H2,1-6H3/t19-/m1/s1. The summed E-state index contributed by atoms with van der Waals surface area (Å²) in [5.41, 5.74) is 5.09. The lowest BCUT2D eigenvalue weighted by Crippen LogP contribution is -2.40. The number of piperidine rings is 1. The van der Waals surface area contributed by atoms with Crippen LogP contribution in [0.15, 0.2) is 35.2 Å². The molecule has 31 heavy (non-hydrogen) atoms. The highest BCUT2D eigenvalue weighted by atomic mass is 32.2. The predicted molar refractivity (Wildman–Crippen MR) is 130 cm³/mol. The van der Waals surface area contributed by atoms with Gasteiger partial charge in [-0.05, 0) is 79.5 Å². The highest BCUT2D eigenvalue weighted by Crippen LogP contribution is 2.56. The van der Waals surface area contributed by atoms with Crippen molar-refractivity contribution >= 4 is 19.6 Å². The lowest BCUT2D eigenvalue weighted by atomic mass is 10.1. The summed E-state index contributed by atoms with van der Waals surface area (Å²) in [4.78, 5) is 3.67. The molecule has 1 atom stereocenters. The van der Waals surface area contributed by atoms with Gasteiger partial charge in [-0.3, -0.25) is 13.6 Å². The topological polar surface area (TPSA) is 74.0 Å². The maximum Gasteiger partial charge on any atom is 0.476 e. The summed E-state index contributed by atoms with van der Waals surface area (Å²) in [6.07, 6.45) is 2.44. The third-order valence-electron chi connectivity index (χ3n) is 4.61. The summed E-state index contributed by atoms with van der Waals surface area (Å²) < 4.78 is 30.8. The minimum atomic E-state index is -3.66. The summed E-state index contributed by atoms with van der Waals surface area (Å²) in [6.45, 7) is 13.9. The molecule has 1 aromatic carbocycles. The second-order valence-corrected chi connectivity index (χ2v) is 12.7. The fraction of sp³-hybridized carbons (Fsp3) is 0.739. The van der Waals surface area contributed by atoms with E-state index in [1.165, 1.54) is 4.90 Å². The average molecular weight is 473 g/mol. The maximum absolute atomic E-state index is 13.3. The molecule has 1 aromatic rings. The number of hydrogen-bond acceptors (Lipinski definition) is 7. The molecule has 178 valence electrons. The summed E-state index contributed by atoms with van der Waals surface area (Å²) in [5.74, 6) is 0.918. The zero-order chi connectivity index (χ0) is 23.1. The summed E-state index contributed by atoms with van der Waals surface area (Å²) in [7, 11) is -3.66. The van der Waals surface area contributed by atoms with Gasteiger partial charge in [-0.15, -0.1) is 11.8 Å². The number of phosphoric acid groups is 1. The van der Waals surface area contributed by atoms with Gasteiger partial charge in [-0.1, -0.05) is 18.2 Å². The van der Waals surface area contributed by atoms with Crippen LogP contribution in [-0.4, -0.2) is 53.6 Å². The number of likely N-dealkylation sites (tertiary alicyclic amines) is 1. The summed E-state index contributed by atoms with van der Waals surface area (Å²) >= 11 is 1.81. The van der Waals surface area contributed by atoms with Crippen molar-refractivity contribution in [1.82, 2.24) is 4.90 Å². The Bertz CT molecular complexity index is 678. The van der Waals surface area contributed by atoms with Gasteiger partial charge in [0, 0.05) is 29.8 Å². The van der Waals surface area contributed by atoms with Gasteiger partial charge in [-0.25, -0.2) is 4.57 Å². The summed E-state index contributed by atoms with van der Waals surface area (Å²) in [5, 5.41) is 0. The Morgan fingerprint density at radius 2 is 1.61 bits per heavy atom. The van der Waals surface area contributed by atoms with Crippen molar-refractivity contribution in [2.75, 3.05) is 25.4 Å². The first-order valence-corrected chi connectivity index (χ1v) is 13.6. The largest absolute Gasteiger partial charge is 0.476 e. The van der Waals surface area contributed by atoms with Crippen LogP contribution in [0.2, 0.25) is 0 Å². The second kappa shape index (κ2) is 11.6. The lowest BCUT2D eigenvalue weighted by molar-refractivity contribution is -0.0215. The third-order valence-corrected chi connectivity index (χ3v) is 7.91. The number of rotatable bonds is 10. The minimum Gasteiger partial charge on any atom is -0.327 e. The first kappa shape index (κ1) is 26.8. The minimum absolute atomic E-state index is 0.130. The van der Waals surface area contributed by atoms with Crippen molar-refractivity contribution in [2.24, 2.45) is 5.73 Å². The van der Waals surface area contributed by atoms with E-state index >= 15 is 0 Å². The molecule has 8 heteroatoms. The van der Waals surface area contributed by atoms with Crippen molar-refractivity contribution in [2.45, 2.75) is 89.0 Å². The fourth-order valence-electron chi connectivity index (χ4n) is 3.31. The maximum atomic E-state index is 13.3. The average Bonchev–Trinajstić information content (AvgIpc) is 2.63. The fourth-order valence-corrected chi connectivity index (χ4v) is 6.27. The van der Waals surface area contributed by atoms with E-state index in [9.17, 15) is 4.57 Å². The van der Waals surface area contributed by atoms with Gasteiger partial charge in [0.25, 0.3) is 0 Å². The van der Waals surface area contributed by atoms with Crippen LogP contribution < -0.4 is 5.73 Å². The highest BCUT2D eigenvalue weighted by molar-refractivity contribution is 7.99. The molecule has 1 aliphatic rings. The molecule has 1 fully saturated rings. The van der Waals surface area contributed by atoms with E-state index in [4.69, 9.17) is 19.3 Å². The van der Waals surface area contributed by atoms with Gasteiger partial charge < -0.3 is 10.6 Å². The number of nitrogens with two attached hydrogens (primary N) is 1. The molecule has 0 saturated carbocycles. The molecule has 0 amide bonds. The Hall–Kier alpha value is -0.400. The highest BCUT2D eigenvalue weighted by Gasteiger charge is 2.40. The molecule has 1 saturated heterocycles. The van der Waals surface area contributed by atoms with E-state index in [0.29, 0.717) is 0 Å². The van der Waals surface area contributed by atoms with Crippen LogP contribution in [0.1, 0.15) is 60.8 Å². The first-order chi connectivity index (χ1) is 14.3. The molecule has 0 bridgehead atoms. The van der Waals surface area contributed by atoms with Crippen LogP contribution in [0.25, 0.3) is 0 Å². The molecule has 1 heterocycles. The van der Waals surface area contributed by atoms with Crippen LogP contribution in [0.3, 0.4) is 0 Å². The molecular formula is C23H41N2O4PS. The third kappa shape index (κ3) is 11.3. The van der Waals surface area contributed by atoms with Crippen LogP contribution in [-0.2, 0) is 18.1 Å². The van der Waals surface area contributed by atoms with Gasteiger partial charge in [-0.2, -0.15) is 0 Å². The molecule has 0 aliphatic carbocycles. The van der Waals surface area contributed by atoms with E-state index in [2.05, 4.69) is 29.2 Å². The van der Waals surface area contributed by atoms with Crippen molar-refractivity contribution in [3.05, 3.63) is 30.3 Å². The van der Waals surface area contributed by atoms with Crippen LogP contribution in [0.4, 0.5) is 0 Å². The van der Waals surface area contributed by atoms with Crippen molar-refractivity contribution in [3.63, 3.8) is 0 Å². The van der Waals surface area contributed by atoms with Gasteiger partial charge >= 0.3 is 7.82 Å².